The lowest BCUT2D eigenvalue weighted by Gasteiger charge is -2.39. The van der Waals surface area contributed by atoms with Gasteiger partial charge in [0.1, 0.15) is 23.4 Å². The minimum atomic E-state index is -1.05. The number of nitrogens with zero attached hydrogens (tertiary/aromatic N) is 1. The zero-order chi connectivity index (χ0) is 33.0. The van der Waals surface area contributed by atoms with E-state index in [0.717, 1.165) is 24.8 Å². The molecule has 0 aliphatic heterocycles. The summed E-state index contributed by atoms with van der Waals surface area (Å²) >= 11 is 0. The van der Waals surface area contributed by atoms with Gasteiger partial charge in [0.05, 0.1) is 0 Å². The predicted molar refractivity (Wildman–Crippen MR) is 175 cm³/mol. The molecule has 2 aromatic rings. The molecule has 2 rings (SSSR count). The van der Waals surface area contributed by atoms with Crippen LogP contribution in [0.15, 0.2) is 48.5 Å². The van der Waals surface area contributed by atoms with E-state index in [-0.39, 0.29) is 30.2 Å². The second-order valence-electron chi connectivity index (χ2n) is 13.0. The Morgan fingerprint density at radius 2 is 1.55 bits per heavy atom. The molecule has 0 aliphatic rings. The van der Waals surface area contributed by atoms with Gasteiger partial charge in [0.25, 0.3) is 0 Å². The number of benzene rings is 2. The van der Waals surface area contributed by atoms with E-state index in [9.17, 15) is 19.5 Å². The van der Waals surface area contributed by atoms with Gasteiger partial charge in [-0.2, -0.15) is 0 Å². The Morgan fingerprint density at radius 3 is 2.07 bits per heavy atom. The molecule has 0 aromatic heterocycles. The number of rotatable bonds is 14. The highest BCUT2D eigenvalue weighted by Crippen LogP contribution is 2.29. The summed E-state index contributed by atoms with van der Waals surface area (Å²) in [6, 6.07) is 11.1. The average Bonchev–Trinajstić information content (AvgIpc) is 2.94. The van der Waals surface area contributed by atoms with Gasteiger partial charge in [-0.05, 0) is 95.2 Å². The summed E-state index contributed by atoms with van der Waals surface area (Å²) in [5.41, 5.74) is 1.23. The van der Waals surface area contributed by atoms with Gasteiger partial charge in [-0.3, -0.25) is 9.59 Å². The molecule has 4 atom stereocenters. The topological polar surface area (TPSA) is 108 Å². The number of phenolic OH excluding ortho intramolecular Hbond substituents is 1. The van der Waals surface area contributed by atoms with Gasteiger partial charge >= 0.3 is 6.09 Å². The standard InChI is InChI=1S/C36H51N3O5/c1-10-12-25(5)37-33(41)32(29-19-15-27(11-2)16-20-29)39(26(6)14-13-24(3)4)34(42)31(38-35(43)44-36(7,8)9)23-28-17-21-30(40)22-18-28/h2,15-22,24-26,31-32,40H,10,12-14,23H2,1,3-9H3,(H,37,41)(H,38,43). The molecular weight excluding hydrogens is 554 g/mol. The van der Waals surface area contributed by atoms with Crippen LogP contribution in [0.25, 0.3) is 0 Å². The summed E-state index contributed by atoms with van der Waals surface area (Å²) in [5, 5.41) is 15.7. The van der Waals surface area contributed by atoms with Crippen LogP contribution in [0.3, 0.4) is 0 Å². The van der Waals surface area contributed by atoms with Crippen LogP contribution >= 0.6 is 0 Å². The molecule has 0 aliphatic carbocycles. The van der Waals surface area contributed by atoms with E-state index in [4.69, 9.17) is 11.2 Å². The maximum atomic E-state index is 14.7. The fraction of sp³-hybridized carbons (Fsp3) is 0.528. The van der Waals surface area contributed by atoms with E-state index < -0.39 is 29.7 Å². The number of carbonyl (C=O) groups excluding carboxylic acids is 3. The van der Waals surface area contributed by atoms with E-state index in [1.54, 1.807) is 62.1 Å². The first-order chi connectivity index (χ1) is 20.6. The van der Waals surface area contributed by atoms with Crippen molar-refractivity contribution in [3.63, 3.8) is 0 Å². The fourth-order valence-electron chi connectivity index (χ4n) is 5.04. The third-order valence-electron chi connectivity index (χ3n) is 7.29. The van der Waals surface area contributed by atoms with Crippen LogP contribution in [0.2, 0.25) is 0 Å². The van der Waals surface area contributed by atoms with Gasteiger partial charge in [0.2, 0.25) is 11.8 Å². The van der Waals surface area contributed by atoms with Crippen molar-refractivity contribution in [3.05, 3.63) is 65.2 Å². The number of carbonyl (C=O) groups is 3. The fourth-order valence-corrected chi connectivity index (χ4v) is 5.04. The Hall–Kier alpha value is -3.99. The second-order valence-corrected chi connectivity index (χ2v) is 13.0. The number of hydrogen-bond acceptors (Lipinski definition) is 5. The molecule has 0 saturated carbocycles. The first-order valence-electron chi connectivity index (χ1n) is 15.6. The Morgan fingerprint density at radius 1 is 0.932 bits per heavy atom. The van der Waals surface area contributed by atoms with Crippen LogP contribution in [-0.2, 0) is 20.7 Å². The van der Waals surface area contributed by atoms with Crippen LogP contribution in [0, 0.1) is 18.3 Å². The van der Waals surface area contributed by atoms with Gasteiger partial charge in [0.15, 0.2) is 0 Å². The smallest absolute Gasteiger partial charge is 0.408 e. The third-order valence-corrected chi connectivity index (χ3v) is 7.29. The number of phenols is 1. The quantitative estimate of drug-likeness (QED) is 0.213. The second kappa shape index (κ2) is 16.7. The van der Waals surface area contributed by atoms with Crippen LogP contribution < -0.4 is 10.6 Å². The number of terminal acetylenes is 1. The summed E-state index contributed by atoms with van der Waals surface area (Å²) in [5.74, 6) is 2.37. The van der Waals surface area contributed by atoms with E-state index in [0.29, 0.717) is 23.5 Å². The summed E-state index contributed by atoms with van der Waals surface area (Å²) in [6.45, 7) is 15.4. The number of hydrogen-bond donors (Lipinski definition) is 3. The summed E-state index contributed by atoms with van der Waals surface area (Å²) in [6.07, 6.45) is 8.17. The lowest BCUT2D eigenvalue weighted by atomic mass is 9.95. The zero-order valence-electron chi connectivity index (χ0n) is 27.6. The normalized spacial score (nSPS) is 14.1. The zero-order valence-corrected chi connectivity index (χ0v) is 27.6. The highest BCUT2D eigenvalue weighted by Gasteiger charge is 2.39. The molecule has 0 heterocycles. The van der Waals surface area contributed by atoms with Crippen molar-refractivity contribution < 1.29 is 24.2 Å². The lowest BCUT2D eigenvalue weighted by molar-refractivity contribution is -0.145. The molecule has 3 amide bonds. The van der Waals surface area contributed by atoms with Gasteiger partial charge in [0, 0.05) is 24.1 Å². The first-order valence-corrected chi connectivity index (χ1v) is 15.6. The summed E-state index contributed by atoms with van der Waals surface area (Å²) in [7, 11) is 0. The van der Waals surface area contributed by atoms with Crippen molar-refractivity contribution in [2.24, 2.45) is 5.92 Å². The maximum absolute atomic E-state index is 14.7. The number of ether oxygens (including phenoxy) is 1. The van der Waals surface area contributed by atoms with E-state index in [1.165, 1.54) is 12.1 Å². The average molecular weight is 606 g/mol. The molecule has 0 fully saturated rings. The van der Waals surface area contributed by atoms with Gasteiger partial charge in [-0.15, -0.1) is 6.42 Å². The summed E-state index contributed by atoms with van der Waals surface area (Å²) in [4.78, 5) is 43.5. The van der Waals surface area contributed by atoms with Crippen molar-refractivity contribution >= 4 is 17.9 Å². The van der Waals surface area contributed by atoms with E-state index in [2.05, 4.69) is 37.3 Å². The predicted octanol–water partition coefficient (Wildman–Crippen LogP) is 6.51. The molecule has 0 spiro atoms. The largest absolute Gasteiger partial charge is 0.508 e. The molecule has 2 aromatic carbocycles. The number of alkyl carbamates (subject to hydrolysis) is 1. The number of nitrogens with one attached hydrogen (secondary N) is 2. The third kappa shape index (κ3) is 11.6. The van der Waals surface area contributed by atoms with Crippen LogP contribution in [0.5, 0.6) is 5.75 Å². The van der Waals surface area contributed by atoms with Crippen molar-refractivity contribution in [2.75, 3.05) is 0 Å². The van der Waals surface area contributed by atoms with E-state index >= 15 is 0 Å². The van der Waals surface area contributed by atoms with Crippen LogP contribution in [0.1, 0.15) is 104 Å². The first kappa shape index (κ1) is 36.2. The minimum Gasteiger partial charge on any atom is -0.508 e. The van der Waals surface area contributed by atoms with Crippen molar-refractivity contribution in [3.8, 4) is 18.1 Å². The molecule has 0 bridgehead atoms. The van der Waals surface area contributed by atoms with Gasteiger partial charge in [-0.25, -0.2) is 4.79 Å². The van der Waals surface area contributed by atoms with Crippen molar-refractivity contribution in [1.29, 1.82) is 0 Å². The molecule has 0 saturated heterocycles. The molecule has 3 N–H and O–H groups in total. The Labute approximate surface area is 263 Å². The SMILES string of the molecule is C#Cc1ccc(C(C(=O)NC(C)CCC)N(C(=O)C(Cc2ccc(O)cc2)NC(=O)OC(C)(C)C)C(C)CCC(C)C)cc1. The van der Waals surface area contributed by atoms with Crippen LogP contribution in [-0.4, -0.2) is 51.6 Å². The molecule has 0 radical (unpaired) electrons. The number of aromatic hydroxyl groups is 1. The molecule has 8 heteroatoms. The molecule has 8 nitrogen and oxygen atoms in total. The summed E-state index contributed by atoms with van der Waals surface area (Å²) < 4.78 is 5.53. The monoisotopic (exact) mass is 605 g/mol. The van der Waals surface area contributed by atoms with Crippen LogP contribution in [0.4, 0.5) is 4.79 Å². The number of amides is 3. The lowest BCUT2D eigenvalue weighted by Crippen LogP contribution is -2.56. The Bertz CT molecular complexity index is 1260. The van der Waals surface area contributed by atoms with Crippen molar-refractivity contribution in [2.45, 2.75) is 117 Å². The van der Waals surface area contributed by atoms with Crippen molar-refractivity contribution in [1.82, 2.24) is 15.5 Å². The van der Waals surface area contributed by atoms with Gasteiger partial charge < -0.3 is 25.4 Å². The Balaban J connectivity index is 2.68. The molecular formula is C36H51N3O5. The maximum Gasteiger partial charge on any atom is 0.408 e. The molecule has 44 heavy (non-hydrogen) atoms. The van der Waals surface area contributed by atoms with Gasteiger partial charge in [-0.1, -0.05) is 57.4 Å². The Kier molecular flexibility index (Phi) is 13.8. The highest BCUT2D eigenvalue weighted by atomic mass is 16.6. The highest BCUT2D eigenvalue weighted by molar-refractivity contribution is 5.92. The van der Waals surface area contributed by atoms with E-state index in [1.807, 2.05) is 13.8 Å². The minimum absolute atomic E-state index is 0.0917. The molecule has 4 unspecified atom stereocenters. The molecule has 240 valence electrons.